The van der Waals surface area contributed by atoms with E-state index in [1.54, 1.807) is 11.8 Å². The first-order chi connectivity index (χ1) is 14.9. The van der Waals surface area contributed by atoms with Gasteiger partial charge in [0.25, 0.3) is 0 Å². The van der Waals surface area contributed by atoms with Gasteiger partial charge in [0.1, 0.15) is 0 Å². The third-order valence-electron chi connectivity index (χ3n) is 6.16. The van der Waals surface area contributed by atoms with Crippen molar-refractivity contribution in [3.63, 3.8) is 0 Å². The molecule has 1 aliphatic heterocycles. The van der Waals surface area contributed by atoms with Gasteiger partial charge in [-0.1, -0.05) is 50.7 Å². The average molecular weight is 457 g/mol. The van der Waals surface area contributed by atoms with E-state index >= 15 is 0 Å². The van der Waals surface area contributed by atoms with Gasteiger partial charge >= 0.3 is 17.9 Å². The molecule has 0 aromatic heterocycles. The summed E-state index contributed by atoms with van der Waals surface area (Å²) in [5.41, 5.74) is 0.0269. The number of rotatable bonds is 15. The summed E-state index contributed by atoms with van der Waals surface area (Å²) in [5.74, 6) is -1.42. The molecule has 0 radical (unpaired) electrons. The summed E-state index contributed by atoms with van der Waals surface area (Å²) in [4.78, 5) is 37.0. The van der Waals surface area contributed by atoms with Crippen LogP contribution in [0.15, 0.2) is 11.6 Å². The molecule has 3 unspecified atom stereocenters. The van der Waals surface area contributed by atoms with Gasteiger partial charge in [0.05, 0.1) is 20.8 Å². The molecule has 0 aliphatic carbocycles. The van der Waals surface area contributed by atoms with E-state index in [2.05, 4.69) is 24.7 Å². The van der Waals surface area contributed by atoms with E-state index in [0.717, 1.165) is 32.1 Å². The van der Waals surface area contributed by atoms with Gasteiger partial charge in [0, 0.05) is 17.6 Å². The Hall–Kier alpha value is -1.50. The maximum absolute atomic E-state index is 12.9. The molecule has 0 N–H and O–H groups in total. The summed E-state index contributed by atoms with van der Waals surface area (Å²) >= 11 is 1.65. The van der Waals surface area contributed by atoms with Crippen LogP contribution in [0.5, 0.6) is 0 Å². The highest BCUT2D eigenvalue weighted by Crippen LogP contribution is 2.46. The second kappa shape index (κ2) is 14.5. The third kappa shape index (κ3) is 7.85. The Kier molecular flexibility index (Phi) is 12.9. The van der Waals surface area contributed by atoms with E-state index < -0.39 is 17.4 Å². The Labute approximate surface area is 191 Å². The summed E-state index contributed by atoms with van der Waals surface area (Å²) in [6, 6.07) is 0. The molecule has 0 saturated carbocycles. The van der Waals surface area contributed by atoms with Crippen LogP contribution in [0.4, 0.5) is 0 Å². The molecule has 0 bridgehead atoms. The Morgan fingerprint density at radius 1 is 1.13 bits per heavy atom. The van der Waals surface area contributed by atoms with Crippen molar-refractivity contribution in [1.29, 1.82) is 0 Å². The highest BCUT2D eigenvalue weighted by Gasteiger charge is 2.60. The lowest BCUT2D eigenvalue weighted by Crippen LogP contribution is -2.45. The van der Waals surface area contributed by atoms with Gasteiger partial charge in [-0.15, -0.1) is 0 Å². The van der Waals surface area contributed by atoms with Gasteiger partial charge in [-0.25, -0.2) is 0 Å². The van der Waals surface area contributed by atoms with Crippen LogP contribution in [-0.2, 0) is 28.6 Å². The van der Waals surface area contributed by atoms with Crippen LogP contribution in [0, 0.1) is 11.3 Å². The number of hydrogen-bond donors (Lipinski definition) is 0. The van der Waals surface area contributed by atoms with Crippen LogP contribution in [0.2, 0.25) is 0 Å². The molecule has 1 heterocycles. The zero-order valence-corrected chi connectivity index (χ0v) is 20.7. The maximum atomic E-state index is 12.9. The molecule has 7 heteroatoms. The number of esters is 3. The standard InChI is InChI=1S/C24H40O6S/c1-6-7-10-13-18(2)16-20(31-5)19-17-30-23(27)24(19,22(26)29-4)15-12-9-8-11-14-21(25)28-3/h16,19-20H,6-15,17H2,1-5H3. The van der Waals surface area contributed by atoms with Crippen LogP contribution in [0.1, 0.15) is 78.1 Å². The highest BCUT2D eigenvalue weighted by atomic mass is 32.2. The van der Waals surface area contributed by atoms with Crippen molar-refractivity contribution in [1.82, 2.24) is 0 Å². The molecule has 31 heavy (non-hydrogen) atoms. The molecule has 3 atom stereocenters. The minimum atomic E-state index is -1.26. The van der Waals surface area contributed by atoms with E-state index in [-0.39, 0.29) is 23.7 Å². The molecular weight excluding hydrogens is 416 g/mol. The highest BCUT2D eigenvalue weighted by molar-refractivity contribution is 7.99. The number of cyclic esters (lactones) is 1. The first-order valence-electron chi connectivity index (χ1n) is 11.4. The van der Waals surface area contributed by atoms with Crippen molar-refractivity contribution in [2.24, 2.45) is 11.3 Å². The quantitative estimate of drug-likeness (QED) is 0.112. The maximum Gasteiger partial charge on any atom is 0.323 e. The minimum absolute atomic E-state index is 0.00602. The van der Waals surface area contributed by atoms with E-state index in [4.69, 9.17) is 9.47 Å². The van der Waals surface area contributed by atoms with E-state index in [1.807, 2.05) is 6.26 Å². The number of methoxy groups -OCH3 is 2. The molecule has 178 valence electrons. The molecule has 1 rings (SSSR count). The zero-order valence-electron chi connectivity index (χ0n) is 19.9. The summed E-state index contributed by atoms with van der Waals surface area (Å²) in [6.07, 6.45) is 12.7. The number of carbonyl (C=O) groups is 3. The van der Waals surface area contributed by atoms with Gasteiger partial charge in [-0.05, 0) is 38.9 Å². The first kappa shape index (κ1) is 27.5. The summed E-state index contributed by atoms with van der Waals surface area (Å²) in [7, 11) is 2.72. The normalized spacial score (nSPS) is 22.2. The van der Waals surface area contributed by atoms with E-state index in [0.29, 0.717) is 19.3 Å². The summed E-state index contributed by atoms with van der Waals surface area (Å²) in [5, 5.41) is 0.00602. The molecule has 0 aromatic rings. The average Bonchev–Trinajstić information content (AvgIpc) is 3.10. The Morgan fingerprint density at radius 3 is 2.42 bits per heavy atom. The van der Waals surface area contributed by atoms with Crippen molar-refractivity contribution >= 4 is 29.7 Å². The Bertz CT molecular complexity index is 617. The second-order valence-electron chi connectivity index (χ2n) is 8.33. The first-order valence-corrected chi connectivity index (χ1v) is 12.7. The van der Waals surface area contributed by atoms with Crippen molar-refractivity contribution in [2.45, 2.75) is 83.3 Å². The number of allylic oxidation sites excluding steroid dienone is 1. The number of hydrogen-bond acceptors (Lipinski definition) is 7. The SMILES string of the molecule is CCCCCC(C)=CC(SC)C1COC(=O)C1(CCCCCCC(=O)OC)C(=O)OC. The predicted octanol–water partition coefficient (Wildman–Crippen LogP) is 5.09. The van der Waals surface area contributed by atoms with Crippen molar-refractivity contribution < 1.29 is 28.6 Å². The fourth-order valence-corrected chi connectivity index (χ4v) is 5.27. The fourth-order valence-electron chi connectivity index (χ4n) is 4.26. The number of carbonyl (C=O) groups excluding carboxylic acids is 3. The number of ether oxygens (including phenoxy) is 3. The summed E-state index contributed by atoms with van der Waals surface area (Å²) in [6.45, 7) is 4.55. The Morgan fingerprint density at radius 2 is 1.81 bits per heavy atom. The van der Waals surface area contributed by atoms with Crippen LogP contribution in [0.3, 0.4) is 0 Å². The van der Waals surface area contributed by atoms with Crippen LogP contribution < -0.4 is 0 Å². The molecule has 0 amide bonds. The molecule has 1 saturated heterocycles. The van der Waals surface area contributed by atoms with E-state index in [9.17, 15) is 14.4 Å². The molecular formula is C24H40O6S. The summed E-state index contributed by atoms with van der Waals surface area (Å²) < 4.78 is 15.2. The van der Waals surface area contributed by atoms with Gasteiger partial charge in [0.15, 0.2) is 5.41 Å². The lowest BCUT2D eigenvalue weighted by atomic mass is 9.71. The van der Waals surface area contributed by atoms with Crippen molar-refractivity contribution in [2.75, 3.05) is 27.1 Å². The van der Waals surface area contributed by atoms with Crippen LogP contribution in [0.25, 0.3) is 0 Å². The van der Waals surface area contributed by atoms with Gasteiger partial charge < -0.3 is 14.2 Å². The molecule has 1 aliphatic rings. The largest absolute Gasteiger partial charge is 0.469 e. The molecule has 0 aromatic carbocycles. The van der Waals surface area contributed by atoms with Crippen LogP contribution in [-0.4, -0.2) is 50.2 Å². The van der Waals surface area contributed by atoms with Crippen LogP contribution >= 0.6 is 11.8 Å². The molecule has 6 nitrogen and oxygen atoms in total. The minimum Gasteiger partial charge on any atom is -0.469 e. The zero-order chi connectivity index (χ0) is 23.3. The van der Waals surface area contributed by atoms with Gasteiger partial charge in [-0.2, -0.15) is 11.8 Å². The monoisotopic (exact) mass is 456 g/mol. The fraction of sp³-hybridized carbons (Fsp3) is 0.792. The second-order valence-corrected chi connectivity index (χ2v) is 9.34. The number of unbranched alkanes of at least 4 members (excludes halogenated alkanes) is 5. The smallest absolute Gasteiger partial charge is 0.323 e. The lowest BCUT2D eigenvalue weighted by molar-refractivity contribution is -0.165. The lowest BCUT2D eigenvalue weighted by Gasteiger charge is -2.32. The predicted molar refractivity (Wildman–Crippen MR) is 124 cm³/mol. The molecule has 1 fully saturated rings. The Balaban J connectivity index is 2.90. The van der Waals surface area contributed by atoms with Crippen molar-refractivity contribution in [3.05, 3.63) is 11.6 Å². The van der Waals surface area contributed by atoms with E-state index in [1.165, 1.54) is 32.6 Å². The van der Waals surface area contributed by atoms with Crippen molar-refractivity contribution in [3.8, 4) is 0 Å². The van der Waals surface area contributed by atoms with Gasteiger partial charge in [-0.3, -0.25) is 14.4 Å². The molecule has 0 spiro atoms. The topological polar surface area (TPSA) is 78.9 Å². The number of thioether (sulfide) groups is 1. The van der Waals surface area contributed by atoms with Gasteiger partial charge in [0.2, 0.25) is 0 Å². The third-order valence-corrected chi connectivity index (χ3v) is 7.17.